The first kappa shape index (κ1) is 14.2. The maximum atomic E-state index is 8.68. The molecule has 0 aliphatic carbocycles. The lowest BCUT2D eigenvalue weighted by Crippen LogP contribution is -2.32. The molecule has 0 radical (unpaired) electrons. The van der Waals surface area contributed by atoms with Crippen LogP contribution in [0.15, 0.2) is 29.4 Å². The van der Waals surface area contributed by atoms with Crippen molar-refractivity contribution in [3.8, 4) is 0 Å². The average Bonchev–Trinajstić information content (AvgIpc) is 2.85. The number of benzene rings is 1. The zero-order chi connectivity index (χ0) is 13.7. The second-order valence-corrected chi connectivity index (χ2v) is 6.87. The quantitative estimate of drug-likeness (QED) is 0.334. The van der Waals surface area contributed by atoms with Gasteiger partial charge in [0.05, 0.1) is 0 Å². The van der Waals surface area contributed by atoms with Crippen molar-refractivity contribution in [3.63, 3.8) is 0 Å². The minimum absolute atomic E-state index is 0.153. The Hall–Kier alpha value is -1.20. The van der Waals surface area contributed by atoms with Crippen LogP contribution in [-0.4, -0.2) is 28.1 Å². The summed E-state index contributed by atoms with van der Waals surface area (Å²) in [6.07, 6.45) is 2.61. The van der Waals surface area contributed by atoms with Crippen molar-refractivity contribution in [2.24, 2.45) is 10.9 Å². The van der Waals surface area contributed by atoms with Crippen LogP contribution in [-0.2, 0) is 6.54 Å². The second-order valence-electron chi connectivity index (χ2n) is 5.19. The fraction of sp³-hybridized carbons (Fsp3) is 0.500. The highest BCUT2D eigenvalue weighted by Crippen LogP contribution is 2.36. The summed E-state index contributed by atoms with van der Waals surface area (Å²) in [5, 5.41) is 15.2. The van der Waals surface area contributed by atoms with Gasteiger partial charge in [0.2, 0.25) is 0 Å². The van der Waals surface area contributed by atoms with Gasteiger partial charge in [-0.2, -0.15) is 11.8 Å². The predicted octanol–water partition coefficient (Wildman–Crippen LogP) is 2.16. The Morgan fingerprint density at radius 2 is 2.42 bits per heavy atom. The van der Waals surface area contributed by atoms with Crippen LogP contribution in [0.3, 0.4) is 0 Å². The summed E-state index contributed by atoms with van der Waals surface area (Å²) in [5.74, 6) is 1.43. The first-order valence-electron chi connectivity index (χ1n) is 6.54. The second kappa shape index (κ2) is 6.30. The van der Waals surface area contributed by atoms with Crippen LogP contribution in [0, 0.1) is 0 Å². The molecule has 4 nitrogen and oxygen atoms in total. The van der Waals surface area contributed by atoms with Crippen molar-refractivity contribution in [1.82, 2.24) is 5.32 Å². The Balaban J connectivity index is 1.89. The smallest absolute Gasteiger partial charge is 0.170 e. The van der Waals surface area contributed by atoms with E-state index in [1.807, 2.05) is 24.3 Å². The lowest BCUT2D eigenvalue weighted by molar-refractivity contribution is 0.318. The summed E-state index contributed by atoms with van der Waals surface area (Å²) in [4.78, 5) is 0. The van der Waals surface area contributed by atoms with Crippen molar-refractivity contribution in [2.75, 3.05) is 12.3 Å². The van der Waals surface area contributed by atoms with Gasteiger partial charge < -0.3 is 16.3 Å². The van der Waals surface area contributed by atoms with Crippen molar-refractivity contribution in [2.45, 2.75) is 31.1 Å². The van der Waals surface area contributed by atoms with Gasteiger partial charge in [0, 0.05) is 23.4 Å². The Labute approximate surface area is 118 Å². The van der Waals surface area contributed by atoms with Crippen LogP contribution in [0.5, 0.6) is 0 Å². The predicted molar refractivity (Wildman–Crippen MR) is 80.8 cm³/mol. The van der Waals surface area contributed by atoms with Crippen molar-refractivity contribution >= 4 is 17.6 Å². The van der Waals surface area contributed by atoms with Gasteiger partial charge in [-0.05, 0) is 37.1 Å². The van der Waals surface area contributed by atoms with E-state index >= 15 is 0 Å². The highest BCUT2D eigenvalue weighted by atomic mass is 32.2. The molecule has 1 aromatic carbocycles. The molecule has 0 amide bonds. The lowest BCUT2D eigenvalue weighted by atomic mass is 10.1. The number of thioether (sulfide) groups is 1. The topological polar surface area (TPSA) is 70.6 Å². The number of nitrogens with two attached hydrogens (primary N) is 1. The average molecular weight is 279 g/mol. The van der Waals surface area contributed by atoms with Gasteiger partial charge >= 0.3 is 0 Å². The van der Waals surface area contributed by atoms with E-state index in [-0.39, 0.29) is 5.84 Å². The molecule has 0 spiro atoms. The molecule has 19 heavy (non-hydrogen) atoms. The van der Waals surface area contributed by atoms with E-state index in [0.717, 1.165) is 24.2 Å². The summed E-state index contributed by atoms with van der Waals surface area (Å²) in [5.41, 5.74) is 7.49. The molecule has 1 aliphatic heterocycles. The number of hydrogen-bond donors (Lipinski definition) is 3. The Bertz CT molecular complexity index is 456. The third-order valence-electron chi connectivity index (χ3n) is 3.46. The lowest BCUT2D eigenvalue weighted by Gasteiger charge is -2.23. The summed E-state index contributed by atoms with van der Waals surface area (Å²) < 4.78 is 0.378. The van der Waals surface area contributed by atoms with Gasteiger partial charge in [-0.25, -0.2) is 0 Å². The molecule has 0 aromatic heterocycles. The minimum atomic E-state index is 0.153. The Morgan fingerprint density at radius 1 is 1.58 bits per heavy atom. The van der Waals surface area contributed by atoms with Crippen molar-refractivity contribution in [3.05, 3.63) is 35.4 Å². The number of amidine groups is 1. The fourth-order valence-electron chi connectivity index (χ4n) is 2.35. The molecule has 1 aliphatic rings. The normalized spacial score (nSPS) is 23.7. The summed E-state index contributed by atoms with van der Waals surface area (Å²) in [7, 11) is 0. The number of oxime groups is 1. The van der Waals surface area contributed by atoms with Gasteiger partial charge in [0.1, 0.15) is 0 Å². The molecule has 1 unspecified atom stereocenters. The molecule has 0 saturated carbocycles. The van der Waals surface area contributed by atoms with Crippen LogP contribution < -0.4 is 11.1 Å². The van der Waals surface area contributed by atoms with E-state index in [4.69, 9.17) is 10.9 Å². The molecule has 0 bridgehead atoms. The highest BCUT2D eigenvalue weighted by Gasteiger charge is 2.28. The Kier molecular flexibility index (Phi) is 4.71. The van der Waals surface area contributed by atoms with Crippen LogP contribution in [0.2, 0.25) is 0 Å². The molecule has 1 aromatic rings. The number of rotatable bonds is 5. The van der Waals surface area contributed by atoms with Gasteiger partial charge in [0.25, 0.3) is 0 Å². The molecule has 5 heteroatoms. The summed E-state index contributed by atoms with van der Waals surface area (Å²) >= 11 is 2.06. The first-order chi connectivity index (χ1) is 9.13. The van der Waals surface area contributed by atoms with E-state index in [0.29, 0.717) is 4.75 Å². The van der Waals surface area contributed by atoms with Crippen LogP contribution in [0.25, 0.3) is 0 Å². The fourth-order valence-corrected chi connectivity index (χ4v) is 3.62. The van der Waals surface area contributed by atoms with Gasteiger partial charge in [-0.15, -0.1) is 0 Å². The molecular weight excluding hydrogens is 258 g/mol. The number of hydrogen-bond acceptors (Lipinski definition) is 4. The molecule has 1 fully saturated rings. The first-order valence-corrected chi connectivity index (χ1v) is 7.53. The highest BCUT2D eigenvalue weighted by molar-refractivity contribution is 8.00. The molecule has 2 rings (SSSR count). The zero-order valence-electron chi connectivity index (χ0n) is 11.2. The zero-order valence-corrected chi connectivity index (χ0v) is 12.0. The van der Waals surface area contributed by atoms with E-state index in [1.165, 1.54) is 18.6 Å². The largest absolute Gasteiger partial charge is 0.409 e. The third-order valence-corrected chi connectivity index (χ3v) is 5.00. The molecule has 1 heterocycles. The molecule has 1 atom stereocenters. The molecule has 1 saturated heterocycles. The molecular formula is C14H21N3OS. The maximum Gasteiger partial charge on any atom is 0.170 e. The third kappa shape index (κ3) is 3.88. The van der Waals surface area contributed by atoms with Crippen LogP contribution >= 0.6 is 11.8 Å². The minimum Gasteiger partial charge on any atom is -0.409 e. The summed E-state index contributed by atoms with van der Waals surface area (Å²) in [6.45, 7) is 4.15. The maximum absolute atomic E-state index is 8.68. The molecule has 4 N–H and O–H groups in total. The SMILES string of the molecule is CC1(CNCc2cccc(/C(N)=N/O)c2)CCCS1. The van der Waals surface area contributed by atoms with E-state index < -0.39 is 0 Å². The monoisotopic (exact) mass is 279 g/mol. The van der Waals surface area contributed by atoms with Crippen LogP contribution in [0.1, 0.15) is 30.9 Å². The summed E-state index contributed by atoms with van der Waals surface area (Å²) in [6, 6.07) is 7.76. The van der Waals surface area contributed by atoms with Gasteiger partial charge in [-0.3, -0.25) is 0 Å². The number of nitrogens with zero attached hydrogens (tertiary/aromatic N) is 1. The Morgan fingerprint density at radius 3 is 3.11 bits per heavy atom. The van der Waals surface area contributed by atoms with E-state index in [9.17, 15) is 0 Å². The van der Waals surface area contributed by atoms with Gasteiger partial charge in [0.15, 0.2) is 5.84 Å². The van der Waals surface area contributed by atoms with E-state index in [1.54, 1.807) is 0 Å². The van der Waals surface area contributed by atoms with Crippen molar-refractivity contribution < 1.29 is 5.21 Å². The number of nitrogens with one attached hydrogen (secondary N) is 1. The van der Waals surface area contributed by atoms with Crippen molar-refractivity contribution in [1.29, 1.82) is 0 Å². The van der Waals surface area contributed by atoms with Crippen LogP contribution in [0.4, 0.5) is 0 Å². The van der Waals surface area contributed by atoms with Gasteiger partial charge in [-0.1, -0.05) is 23.4 Å². The molecule has 104 valence electrons. The van der Waals surface area contributed by atoms with E-state index in [2.05, 4.69) is 29.2 Å². The standard InChI is InChI=1S/C14H21N3OS/c1-14(6-3-7-19-14)10-16-9-11-4-2-5-12(8-11)13(15)17-18/h2,4-5,8,16,18H,3,6-7,9-10H2,1H3,(H2,15,17).